The predicted octanol–water partition coefficient (Wildman–Crippen LogP) is 1.34. The van der Waals surface area contributed by atoms with Crippen molar-refractivity contribution in [2.75, 3.05) is 33.9 Å². The molecule has 1 fully saturated rings. The van der Waals surface area contributed by atoms with E-state index >= 15 is 0 Å². The van der Waals surface area contributed by atoms with E-state index in [1.165, 1.54) is 25.9 Å². The number of likely N-dealkylation sites (tertiary alicyclic amines) is 1. The van der Waals surface area contributed by atoms with E-state index in [0.29, 0.717) is 12.0 Å². The Morgan fingerprint density at radius 2 is 1.93 bits per heavy atom. The second kappa shape index (κ2) is 6.46. The van der Waals surface area contributed by atoms with E-state index in [1.54, 1.807) is 7.11 Å². The van der Waals surface area contributed by atoms with Crippen LogP contribution in [0.4, 0.5) is 0 Å². The van der Waals surface area contributed by atoms with E-state index in [4.69, 9.17) is 4.74 Å². The quantitative estimate of drug-likeness (QED) is 0.747. The summed E-state index contributed by atoms with van der Waals surface area (Å²) in [5.41, 5.74) is 0. The highest BCUT2D eigenvalue weighted by Crippen LogP contribution is 2.18. The molecule has 1 heterocycles. The highest BCUT2D eigenvalue weighted by molar-refractivity contribution is 4.82. The average Bonchev–Trinajstić information content (AvgIpc) is 2.26. The maximum Gasteiger partial charge on any atom is 0.0620 e. The number of methoxy groups -OCH3 is 1. The Hall–Kier alpha value is -0.120. The first-order valence-electron chi connectivity index (χ1n) is 6.09. The topological polar surface area (TPSA) is 24.5 Å². The molecule has 1 saturated heterocycles. The van der Waals surface area contributed by atoms with Crippen molar-refractivity contribution >= 4 is 0 Å². The lowest BCUT2D eigenvalue weighted by atomic mass is 9.98. The zero-order valence-electron chi connectivity index (χ0n) is 10.6. The van der Waals surface area contributed by atoms with Crippen molar-refractivity contribution in [3.05, 3.63) is 0 Å². The molecule has 0 bridgehead atoms. The Labute approximate surface area is 94.2 Å². The van der Waals surface area contributed by atoms with E-state index < -0.39 is 0 Å². The van der Waals surface area contributed by atoms with Gasteiger partial charge in [-0.25, -0.2) is 0 Å². The minimum absolute atomic E-state index is 0.591. The largest absolute Gasteiger partial charge is 0.383 e. The van der Waals surface area contributed by atoms with Crippen molar-refractivity contribution in [3.63, 3.8) is 0 Å². The molecule has 0 spiro atoms. The van der Waals surface area contributed by atoms with Crippen molar-refractivity contribution in [2.45, 2.75) is 38.8 Å². The molecule has 1 aliphatic rings. The monoisotopic (exact) mass is 214 g/mol. The number of nitrogens with zero attached hydrogens (tertiary/aromatic N) is 1. The lowest BCUT2D eigenvalue weighted by Gasteiger charge is -2.39. The van der Waals surface area contributed by atoms with Crippen LogP contribution in [0.2, 0.25) is 0 Å². The lowest BCUT2D eigenvalue weighted by molar-refractivity contribution is 0.0469. The number of rotatable bonds is 5. The van der Waals surface area contributed by atoms with Gasteiger partial charge in [0.05, 0.1) is 6.61 Å². The van der Waals surface area contributed by atoms with Gasteiger partial charge in [0.25, 0.3) is 0 Å². The predicted molar refractivity (Wildman–Crippen MR) is 64.2 cm³/mol. The average molecular weight is 214 g/mol. The van der Waals surface area contributed by atoms with Crippen molar-refractivity contribution in [3.8, 4) is 0 Å². The molecular weight excluding hydrogens is 188 g/mol. The van der Waals surface area contributed by atoms with E-state index in [1.807, 2.05) is 0 Å². The summed E-state index contributed by atoms with van der Waals surface area (Å²) in [6, 6.07) is 1.31. The van der Waals surface area contributed by atoms with Crippen molar-refractivity contribution in [2.24, 2.45) is 5.92 Å². The van der Waals surface area contributed by atoms with Crippen molar-refractivity contribution in [1.29, 1.82) is 0 Å². The Morgan fingerprint density at radius 1 is 1.33 bits per heavy atom. The van der Waals surface area contributed by atoms with Crippen LogP contribution in [-0.2, 0) is 4.74 Å². The fourth-order valence-electron chi connectivity index (χ4n) is 2.41. The summed E-state index contributed by atoms with van der Waals surface area (Å²) in [7, 11) is 3.87. The van der Waals surface area contributed by atoms with Gasteiger partial charge in [0, 0.05) is 32.3 Å². The third-order valence-electron chi connectivity index (χ3n) is 3.51. The highest BCUT2D eigenvalue weighted by atomic mass is 16.5. The zero-order chi connectivity index (χ0) is 11.3. The molecule has 1 unspecified atom stereocenters. The maximum atomic E-state index is 5.31. The van der Waals surface area contributed by atoms with E-state index in [9.17, 15) is 0 Å². The molecule has 0 aliphatic carbocycles. The zero-order valence-corrected chi connectivity index (χ0v) is 10.6. The molecule has 15 heavy (non-hydrogen) atoms. The van der Waals surface area contributed by atoms with Crippen LogP contribution in [0.15, 0.2) is 0 Å². The third kappa shape index (κ3) is 3.74. The van der Waals surface area contributed by atoms with Crippen LogP contribution in [0.1, 0.15) is 26.7 Å². The van der Waals surface area contributed by atoms with Gasteiger partial charge >= 0.3 is 0 Å². The fraction of sp³-hybridized carbons (Fsp3) is 1.00. The van der Waals surface area contributed by atoms with E-state index in [-0.39, 0.29) is 0 Å². The van der Waals surface area contributed by atoms with Crippen LogP contribution < -0.4 is 5.32 Å². The van der Waals surface area contributed by atoms with Gasteiger partial charge in [-0.05, 0) is 25.8 Å². The summed E-state index contributed by atoms with van der Waals surface area (Å²) in [6.07, 6.45) is 2.53. The molecular formula is C12H26N2O. The number of hydrogen-bond acceptors (Lipinski definition) is 3. The van der Waals surface area contributed by atoms with E-state index in [0.717, 1.165) is 12.6 Å². The molecule has 0 amide bonds. The third-order valence-corrected chi connectivity index (χ3v) is 3.51. The fourth-order valence-corrected chi connectivity index (χ4v) is 2.41. The second-order valence-corrected chi connectivity index (χ2v) is 4.87. The molecule has 1 N–H and O–H groups in total. The maximum absolute atomic E-state index is 5.31. The number of ether oxygens (including phenoxy) is 1. The summed E-state index contributed by atoms with van der Waals surface area (Å²) < 4.78 is 5.31. The molecule has 90 valence electrons. The summed E-state index contributed by atoms with van der Waals surface area (Å²) in [6.45, 7) is 7.85. The van der Waals surface area contributed by atoms with Gasteiger partial charge in [0.1, 0.15) is 0 Å². The van der Waals surface area contributed by atoms with Gasteiger partial charge in [-0.1, -0.05) is 13.8 Å². The van der Waals surface area contributed by atoms with Gasteiger partial charge in [-0.3, -0.25) is 4.90 Å². The normalized spacial score (nSPS) is 22.2. The molecule has 0 aromatic rings. The summed E-state index contributed by atoms with van der Waals surface area (Å²) in [4.78, 5) is 2.59. The Morgan fingerprint density at radius 3 is 2.33 bits per heavy atom. The minimum Gasteiger partial charge on any atom is -0.383 e. The lowest BCUT2D eigenvalue weighted by Crippen LogP contribution is -2.49. The highest BCUT2D eigenvalue weighted by Gasteiger charge is 2.26. The second-order valence-electron chi connectivity index (χ2n) is 4.87. The van der Waals surface area contributed by atoms with Gasteiger partial charge in [-0.2, -0.15) is 0 Å². The Balaban J connectivity index is 2.41. The van der Waals surface area contributed by atoms with Gasteiger partial charge in [0.2, 0.25) is 0 Å². The first kappa shape index (κ1) is 12.9. The summed E-state index contributed by atoms with van der Waals surface area (Å²) >= 11 is 0. The van der Waals surface area contributed by atoms with Crippen LogP contribution in [0.3, 0.4) is 0 Å². The summed E-state index contributed by atoms with van der Waals surface area (Å²) in [5.74, 6) is 0.677. The van der Waals surface area contributed by atoms with Crippen LogP contribution in [0, 0.1) is 5.92 Å². The minimum atomic E-state index is 0.591. The Kier molecular flexibility index (Phi) is 5.58. The summed E-state index contributed by atoms with van der Waals surface area (Å²) in [5, 5.41) is 3.37. The molecule has 0 saturated carbocycles. The molecule has 3 heteroatoms. The van der Waals surface area contributed by atoms with Gasteiger partial charge < -0.3 is 10.1 Å². The van der Waals surface area contributed by atoms with Crippen LogP contribution in [0.5, 0.6) is 0 Å². The number of piperidine rings is 1. The molecule has 0 aromatic carbocycles. The van der Waals surface area contributed by atoms with Crippen LogP contribution in [-0.4, -0.2) is 50.8 Å². The molecule has 0 radical (unpaired) electrons. The smallest absolute Gasteiger partial charge is 0.0620 e. The van der Waals surface area contributed by atoms with Gasteiger partial charge in [-0.15, -0.1) is 0 Å². The standard InChI is InChI=1S/C12H26N2O/c1-10(2)12(9-15-4)14-7-5-11(13-3)6-8-14/h10-13H,5-9H2,1-4H3. The number of nitrogens with one attached hydrogen (secondary N) is 1. The molecule has 1 aliphatic heterocycles. The molecule has 1 atom stereocenters. The first-order chi connectivity index (χ1) is 7.19. The Bertz CT molecular complexity index is 165. The van der Waals surface area contributed by atoms with E-state index in [2.05, 4.69) is 31.1 Å². The SMILES string of the molecule is CNC1CCN(C(COC)C(C)C)CC1. The molecule has 0 aromatic heterocycles. The molecule has 1 rings (SSSR count). The van der Waals surface area contributed by atoms with Crippen LogP contribution >= 0.6 is 0 Å². The van der Waals surface area contributed by atoms with Crippen LogP contribution in [0.25, 0.3) is 0 Å². The van der Waals surface area contributed by atoms with Crippen molar-refractivity contribution < 1.29 is 4.74 Å². The number of hydrogen-bond donors (Lipinski definition) is 1. The molecule has 3 nitrogen and oxygen atoms in total. The van der Waals surface area contributed by atoms with Crippen molar-refractivity contribution in [1.82, 2.24) is 10.2 Å². The first-order valence-corrected chi connectivity index (χ1v) is 6.09. The van der Waals surface area contributed by atoms with Gasteiger partial charge in [0.15, 0.2) is 0 Å².